The van der Waals surface area contributed by atoms with E-state index in [1.165, 1.54) is 18.2 Å². The number of rotatable bonds is 6. The summed E-state index contributed by atoms with van der Waals surface area (Å²) >= 11 is 0. The van der Waals surface area contributed by atoms with Gasteiger partial charge in [-0.3, -0.25) is 4.99 Å². The molecule has 0 amide bonds. The summed E-state index contributed by atoms with van der Waals surface area (Å²) in [5.74, 6) is -0.527. The molecule has 2 fully saturated rings. The van der Waals surface area contributed by atoms with E-state index in [1.54, 1.807) is 7.05 Å². The molecular formula is C18H26F2IN3O2. The van der Waals surface area contributed by atoms with Gasteiger partial charge in [-0.2, -0.15) is 0 Å². The molecule has 1 saturated heterocycles. The average molecular weight is 481 g/mol. The highest BCUT2D eigenvalue weighted by Crippen LogP contribution is 2.43. The number of aliphatic imine (C=N–C) groups is 1. The Bertz CT molecular complexity index is 606. The minimum Gasteiger partial charge on any atom is -0.379 e. The molecule has 0 spiro atoms. The van der Waals surface area contributed by atoms with Gasteiger partial charge in [0.1, 0.15) is 11.6 Å². The summed E-state index contributed by atoms with van der Waals surface area (Å²) < 4.78 is 38.8. The van der Waals surface area contributed by atoms with Gasteiger partial charge in [0, 0.05) is 37.2 Å². The van der Waals surface area contributed by atoms with Gasteiger partial charge in [-0.05, 0) is 31.9 Å². The number of hydrogen-bond acceptors (Lipinski definition) is 3. The molecular weight excluding hydrogens is 455 g/mol. The third kappa shape index (κ3) is 5.50. The average Bonchev–Trinajstić information content (AvgIpc) is 3.12. The van der Waals surface area contributed by atoms with Crippen LogP contribution in [-0.2, 0) is 9.47 Å². The van der Waals surface area contributed by atoms with Gasteiger partial charge in [-0.15, -0.1) is 24.0 Å². The molecule has 1 aromatic carbocycles. The van der Waals surface area contributed by atoms with Gasteiger partial charge in [0.15, 0.2) is 5.96 Å². The van der Waals surface area contributed by atoms with Crippen LogP contribution in [0.4, 0.5) is 8.78 Å². The number of benzene rings is 1. The van der Waals surface area contributed by atoms with Crippen LogP contribution in [0.25, 0.3) is 0 Å². The fourth-order valence-corrected chi connectivity index (χ4v) is 3.08. The third-order valence-electron chi connectivity index (χ3n) is 4.56. The molecule has 0 radical (unpaired) electrons. The lowest BCUT2D eigenvalue weighted by Gasteiger charge is -2.20. The number of ether oxygens (including phenoxy) is 2. The van der Waals surface area contributed by atoms with E-state index in [2.05, 4.69) is 15.6 Å². The Hall–Kier alpha value is -1.000. The topological polar surface area (TPSA) is 54.9 Å². The fourth-order valence-electron chi connectivity index (χ4n) is 3.08. The van der Waals surface area contributed by atoms with Gasteiger partial charge < -0.3 is 20.1 Å². The van der Waals surface area contributed by atoms with Gasteiger partial charge in [-0.1, -0.05) is 6.07 Å². The fraction of sp³-hybridized carbons (Fsp3) is 0.611. The van der Waals surface area contributed by atoms with E-state index in [4.69, 9.17) is 9.47 Å². The van der Waals surface area contributed by atoms with Gasteiger partial charge in [0.25, 0.3) is 0 Å². The highest BCUT2D eigenvalue weighted by molar-refractivity contribution is 14.0. The lowest BCUT2D eigenvalue weighted by Crippen LogP contribution is -2.45. The number of halogens is 3. The highest BCUT2D eigenvalue weighted by Gasteiger charge is 2.42. The first-order valence-electron chi connectivity index (χ1n) is 8.71. The van der Waals surface area contributed by atoms with Crippen LogP contribution in [0.2, 0.25) is 0 Å². The van der Waals surface area contributed by atoms with Crippen LogP contribution >= 0.6 is 24.0 Å². The van der Waals surface area contributed by atoms with Gasteiger partial charge in [0.05, 0.1) is 19.3 Å². The Morgan fingerprint density at radius 2 is 2.12 bits per heavy atom. The lowest BCUT2D eigenvalue weighted by molar-refractivity contribution is 0.0347. The first kappa shape index (κ1) is 21.3. The minimum absolute atomic E-state index is 0. The molecule has 0 aromatic heterocycles. The Labute approximate surface area is 169 Å². The summed E-state index contributed by atoms with van der Waals surface area (Å²) in [5.41, 5.74) is 0.160. The molecule has 2 N–H and O–H groups in total. The summed E-state index contributed by atoms with van der Waals surface area (Å²) in [6.45, 7) is 3.96. The Kier molecular flexibility index (Phi) is 8.03. The molecule has 4 unspecified atom stereocenters. The van der Waals surface area contributed by atoms with Crippen LogP contribution in [0, 0.1) is 11.6 Å². The molecule has 8 heteroatoms. The van der Waals surface area contributed by atoms with Crippen molar-refractivity contribution in [1.29, 1.82) is 0 Å². The smallest absolute Gasteiger partial charge is 0.191 e. The van der Waals surface area contributed by atoms with Crippen molar-refractivity contribution < 1.29 is 18.3 Å². The molecule has 2 aliphatic rings. The SMILES string of the molecule is CN=C(NC(C)COC1CCOC1)NC1CC1c1c(F)cccc1F.I. The maximum Gasteiger partial charge on any atom is 0.191 e. The van der Waals surface area contributed by atoms with Crippen LogP contribution in [-0.4, -0.2) is 51.0 Å². The molecule has 1 heterocycles. The third-order valence-corrected chi connectivity index (χ3v) is 4.56. The molecule has 1 aliphatic heterocycles. The molecule has 26 heavy (non-hydrogen) atoms. The molecule has 1 aromatic rings. The molecule has 3 rings (SSSR count). The summed E-state index contributed by atoms with van der Waals surface area (Å²) in [6, 6.07) is 4.03. The standard InChI is InChI=1S/C18H25F2N3O2.HI/c1-11(9-25-12-6-7-24-10-12)22-18(21-2)23-16-8-13(16)17-14(19)4-3-5-15(17)20;/h3-5,11-13,16H,6-10H2,1-2H3,(H2,21,22,23);1H. The number of guanidine groups is 1. The van der Waals surface area contributed by atoms with Crippen LogP contribution in [0.15, 0.2) is 23.2 Å². The summed E-state index contributed by atoms with van der Waals surface area (Å²) in [7, 11) is 1.68. The Balaban J connectivity index is 0.00000243. The second-order valence-corrected chi connectivity index (χ2v) is 6.66. The summed E-state index contributed by atoms with van der Waals surface area (Å²) in [5, 5.41) is 6.48. The number of hydrogen-bond donors (Lipinski definition) is 2. The quantitative estimate of drug-likeness (QED) is 0.373. The summed E-state index contributed by atoms with van der Waals surface area (Å²) in [6.07, 6.45) is 1.77. The Morgan fingerprint density at radius 3 is 2.73 bits per heavy atom. The van der Waals surface area contributed by atoms with Crippen molar-refractivity contribution in [1.82, 2.24) is 10.6 Å². The van der Waals surface area contributed by atoms with E-state index in [-0.39, 0.29) is 53.6 Å². The lowest BCUT2D eigenvalue weighted by atomic mass is 10.1. The van der Waals surface area contributed by atoms with Crippen molar-refractivity contribution >= 4 is 29.9 Å². The molecule has 0 bridgehead atoms. The zero-order valence-corrected chi connectivity index (χ0v) is 17.3. The van der Waals surface area contributed by atoms with Crippen molar-refractivity contribution in [3.8, 4) is 0 Å². The Morgan fingerprint density at radius 1 is 1.38 bits per heavy atom. The van der Waals surface area contributed by atoms with Crippen molar-refractivity contribution in [2.24, 2.45) is 4.99 Å². The van der Waals surface area contributed by atoms with Gasteiger partial charge in [-0.25, -0.2) is 8.78 Å². The van der Waals surface area contributed by atoms with Crippen molar-refractivity contribution in [3.63, 3.8) is 0 Å². The van der Waals surface area contributed by atoms with E-state index in [1.807, 2.05) is 6.92 Å². The van der Waals surface area contributed by atoms with Gasteiger partial charge in [0.2, 0.25) is 0 Å². The molecule has 146 valence electrons. The second-order valence-electron chi connectivity index (χ2n) is 6.66. The number of nitrogens with one attached hydrogen (secondary N) is 2. The van der Waals surface area contributed by atoms with Crippen molar-refractivity contribution in [3.05, 3.63) is 35.4 Å². The van der Waals surface area contributed by atoms with Crippen LogP contribution < -0.4 is 10.6 Å². The first-order valence-corrected chi connectivity index (χ1v) is 8.71. The monoisotopic (exact) mass is 481 g/mol. The minimum atomic E-state index is -0.488. The van der Waals surface area contributed by atoms with Crippen LogP contribution in [0.5, 0.6) is 0 Å². The van der Waals surface area contributed by atoms with E-state index >= 15 is 0 Å². The molecule has 4 atom stereocenters. The van der Waals surface area contributed by atoms with Crippen LogP contribution in [0.3, 0.4) is 0 Å². The molecule has 1 aliphatic carbocycles. The van der Waals surface area contributed by atoms with Gasteiger partial charge >= 0.3 is 0 Å². The maximum atomic E-state index is 13.9. The second kappa shape index (κ2) is 9.80. The van der Waals surface area contributed by atoms with E-state index in [0.29, 0.717) is 25.6 Å². The van der Waals surface area contributed by atoms with Crippen molar-refractivity contribution in [2.45, 2.75) is 43.9 Å². The normalized spacial score (nSPS) is 26.2. The van der Waals surface area contributed by atoms with Crippen molar-refractivity contribution in [2.75, 3.05) is 26.9 Å². The van der Waals surface area contributed by atoms with E-state index < -0.39 is 11.6 Å². The summed E-state index contributed by atoms with van der Waals surface area (Å²) in [4.78, 5) is 4.19. The number of nitrogens with zero attached hydrogens (tertiary/aromatic N) is 1. The van der Waals surface area contributed by atoms with E-state index in [9.17, 15) is 8.78 Å². The largest absolute Gasteiger partial charge is 0.379 e. The predicted molar refractivity (Wildman–Crippen MR) is 107 cm³/mol. The predicted octanol–water partition coefficient (Wildman–Crippen LogP) is 2.80. The van der Waals surface area contributed by atoms with Crippen LogP contribution in [0.1, 0.15) is 31.2 Å². The first-order chi connectivity index (χ1) is 12.1. The van der Waals surface area contributed by atoms with E-state index in [0.717, 1.165) is 13.0 Å². The zero-order chi connectivity index (χ0) is 17.8. The highest BCUT2D eigenvalue weighted by atomic mass is 127. The molecule has 1 saturated carbocycles. The zero-order valence-electron chi connectivity index (χ0n) is 15.0. The maximum absolute atomic E-state index is 13.9. The molecule has 5 nitrogen and oxygen atoms in total.